The number of thioether (sulfide) groups is 1. The molecule has 0 atom stereocenters. The molecule has 0 amide bonds. The summed E-state index contributed by atoms with van der Waals surface area (Å²) in [5.74, 6) is 2.04. The van der Waals surface area contributed by atoms with Crippen molar-refractivity contribution in [1.82, 2.24) is 15.6 Å². The molecule has 0 saturated carbocycles. The van der Waals surface area contributed by atoms with Gasteiger partial charge in [0.2, 0.25) is 0 Å². The van der Waals surface area contributed by atoms with Gasteiger partial charge in [-0.1, -0.05) is 19.1 Å². The van der Waals surface area contributed by atoms with Gasteiger partial charge in [0.15, 0.2) is 5.96 Å². The number of aromatic nitrogens is 1. The molecule has 29 heavy (non-hydrogen) atoms. The van der Waals surface area contributed by atoms with Gasteiger partial charge in [0.1, 0.15) is 0 Å². The van der Waals surface area contributed by atoms with Crippen molar-refractivity contribution in [2.45, 2.75) is 44.8 Å². The maximum absolute atomic E-state index is 5.58. The Morgan fingerprint density at radius 3 is 2.76 bits per heavy atom. The third-order valence-electron chi connectivity index (χ3n) is 5.41. The van der Waals surface area contributed by atoms with Gasteiger partial charge in [-0.15, -0.1) is 24.0 Å². The van der Waals surface area contributed by atoms with E-state index in [4.69, 9.17) is 9.73 Å². The molecule has 1 aromatic heterocycles. The van der Waals surface area contributed by atoms with E-state index in [9.17, 15) is 0 Å². The number of ether oxygens (including phenoxy) is 1. The van der Waals surface area contributed by atoms with E-state index in [0.29, 0.717) is 0 Å². The molecule has 2 heterocycles. The minimum atomic E-state index is 0. The third kappa shape index (κ3) is 6.52. The first-order valence-electron chi connectivity index (χ1n) is 10.5. The molecular weight excluding hydrogens is 495 g/mol. The number of aryl methyl sites for hydroxylation is 1. The summed E-state index contributed by atoms with van der Waals surface area (Å²) < 4.78 is 5.81. The first-order valence-corrected chi connectivity index (χ1v) is 11.5. The van der Waals surface area contributed by atoms with E-state index in [0.717, 1.165) is 63.8 Å². The van der Waals surface area contributed by atoms with E-state index < -0.39 is 0 Å². The van der Waals surface area contributed by atoms with Crippen LogP contribution in [0.25, 0.3) is 10.9 Å². The van der Waals surface area contributed by atoms with Crippen molar-refractivity contribution in [2.75, 3.05) is 38.6 Å². The summed E-state index contributed by atoms with van der Waals surface area (Å²) in [5.41, 5.74) is 3.90. The number of nitrogens with one attached hydrogen (secondary N) is 3. The summed E-state index contributed by atoms with van der Waals surface area (Å²) in [4.78, 5) is 8.33. The number of H-pyrrole nitrogens is 1. The summed E-state index contributed by atoms with van der Waals surface area (Å²) in [5, 5.41) is 8.28. The molecule has 1 aliphatic rings. The maximum atomic E-state index is 5.58. The number of aromatic amines is 1. The van der Waals surface area contributed by atoms with Crippen LogP contribution in [-0.4, -0.2) is 54.3 Å². The van der Waals surface area contributed by atoms with Crippen molar-refractivity contribution >= 4 is 52.6 Å². The van der Waals surface area contributed by atoms with E-state index in [2.05, 4.69) is 60.8 Å². The van der Waals surface area contributed by atoms with Crippen LogP contribution >= 0.6 is 35.7 Å². The standard InChI is InChI=1S/C22H34N4OS.HI/c1-4-23-21(26-16-22(28-5-2)10-13-27-14-11-22)24-12-9-18-15-25-19-8-6-7-17(3)20(18)19;/h6-8,15,25H,4-5,9-14,16H2,1-3H3,(H2,23,24,26);1H. The maximum Gasteiger partial charge on any atom is 0.191 e. The van der Waals surface area contributed by atoms with Gasteiger partial charge in [-0.2, -0.15) is 11.8 Å². The first-order chi connectivity index (χ1) is 13.7. The molecule has 0 spiro atoms. The fourth-order valence-electron chi connectivity index (χ4n) is 3.93. The Hall–Kier alpha value is -0.930. The molecule has 162 valence electrons. The number of halogens is 1. The minimum Gasteiger partial charge on any atom is -0.381 e. The lowest BCUT2D eigenvalue weighted by Crippen LogP contribution is -2.41. The number of nitrogens with zero attached hydrogens (tertiary/aromatic N) is 1. The van der Waals surface area contributed by atoms with Gasteiger partial charge in [-0.3, -0.25) is 4.99 Å². The summed E-state index contributed by atoms with van der Waals surface area (Å²) in [6.45, 7) is 10.8. The van der Waals surface area contributed by atoms with Crippen molar-refractivity contribution < 1.29 is 4.74 Å². The van der Waals surface area contributed by atoms with E-state index in [1.165, 1.54) is 22.0 Å². The number of aliphatic imine (C=N–C) groups is 1. The molecule has 0 bridgehead atoms. The van der Waals surface area contributed by atoms with E-state index in [-0.39, 0.29) is 28.7 Å². The van der Waals surface area contributed by atoms with Crippen LogP contribution in [0.3, 0.4) is 0 Å². The average molecular weight is 531 g/mol. The highest BCUT2D eigenvalue weighted by Crippen LogP contribution is 2.35. The highest BCUT2D eigenvalue weighted by Gasteiger charge is 2.32. The molecule has 0 unspecified atom stereocenters. The summed E-state index contributed by atoms with van der Waals surface area (Å²) in [7, 11) is 0. The molecule has 3 N–H and O–H groups in total. The average Bonchev–Trinajstić information content (AvgIpc) is 3.12. The Balaban J connectivity index is 0.00000300. The lowest BCUT2D eigenvalue weighted by atomic mass is 9.99. The lowest BCUT2D eigenvalue weighted by Gasteiger charge is -2.35. The number of benzene rings is 1. The van der Waals surface area contributed by atoms with Gasteiger partial charge < -0.3 is 20.4 Å². The SMILES string of the molecule is CCNC(=NCC1(SCC)CCOCC1)NCCc1c[nH]c2cccc(C)c12.I. The number of guanidine groups is 1. The van der Waals surface area contributed by atoms with Crippen LogP contribution in [0.2, 0.25) is 0 Å². The Morgan fingerprint density at radius 2 is 2.03 bits per heavy atom. The van der Waals surface area contributed by atoms with Gasteiger partial charge in [0.25, 0.3) is 0 Å². The Kier molecular flexibility index (Phi) is 10.1. The molecule has 7 heteroatoms. The molecule has 0 radical (unpaired) electrons. The van der Waals surface area contributed by atoms with Crippen LogP contribution < -0.4 is 10.6 Å². The van der Waals surface area contributed by atoms with Gasteiger partial charge in [0.05, 0.1) is 6.54 Å². The van der Waals surface area contributed by atoms with E-state index in [1.54, 1.807) is 0 Å². The summed E-state index contributed by atoms with van der Waals surface area (Å²) >= 11 is 2.04. The van der Waals surface area contributed by atoms with Crippen molar-refractivity contribution in [3.8, 4) is 0 Å². The quantitative estimate of drug-likeness (QED) is 0.267. The van der Waals surface area contributed by atoms with Crippen molar-refractivity contribution in [2.24, 2.45) is 4.99 Å². The Bertz CT molecular complexity index is 781. The topological polar surface area (TPSA) is 61.4 Å². The number of fused-ring (bicyclic) bond motifs is 1. The van der Waals surface area contributed by atoms with Crippen LogP contribution in [-0.2, 0) is 11.2 Å². The predicted octanol–water partition coefficient (Wildman–Crippen LogP) is 4.49. The van der Waals surface area contributed by atoms with Crippen LogP contribution in [0.5, 0.6) is 0 Å². The van der Waals surface area contributed by atoms with E-state index >= 15 is 0 Å². The summed E-state index contributed by atoms with van der Waals surface area (Å²) in [6, 6.07) is 6.42. The fraction of sp³-hybridized carbons (Fsp3) is 0.591. The van der Waals surface area contributed by atoms with Crippen LogP contribution in [0.1, 0.15) is 37.8 Å². The monoisotopic (exact) mass is 530 g/mol. The molecule has 1 saturated heterocycles. The zero-order valence-corrected chi connectivity index (χ0v) is 21.0. The molecule has 3 rings (SSSR count). The predicted molar refractivity (Wildman–Crippen MR) is 137 cm³/mol. The largest absolute Gasteiger partial charge is 0.381 e. The smallest absolute Gasteiger partial charge is 0.191 e. The molecule has 2 aromatic rings. The number of hydrogen-bond donors (Lipinski definition) is 3. The minimum absolute atomic E-state index is 0. The Labute approximate surface area is 196 Å². The highest BCUT2D eigenvalue weighted by molar-refractivity contribution is 14.0. The molecule has 1 aliphatic heterocycles. The molecular formula is C22H35IN4OS. The van der Waals surface area contributed by atoms with Gasteiger partial charge in [-0.25, -0.2) is 0 Å². The Morgan fingerprint density at radius 1 is 1.24 bits per heavy atom. The molecule has 0 aliphatic carbocycles. The lowest BCUT2D eigenvalue weighted by molar-refractivity contribution is 0.0793. The van der Waals surface area contributed by atoms with Crippen molar-refractivity contribution in [1.29, 1.82) is 0 Å². The highest BCUT2D eigenvalue weighted by atomic mass is 127. The first kappa shape index (κ1) is 24.3. The van der Waals surface area contributed by atoms with Crippen LogP contribution in [0.4, 0.5) is 0 Å². The van der Waals surface area contributed by atoms with Crippen molar-refractivity contribution in [3.05, 3.63) is 35.5 Å². The second kappa shape index (κ2) is 12.1. The van der Waals surface area contributed by atoms with Crippen LogP contribution in [0.15, 0.2) is 29.4 Å². The fourth-order valence-corrected chi connectivity index (χ4v) is 5.15. The second-order valence-electron chi connectivity index (χ2n) is 7.41. The normalized spacial score (nSPS) is 16.4. The molecule has 1 aromatic carbocycles. The number of hydrogen-bond acceptors (Lipinski definition) is 3. The van der Waals surface area contributed by atoms with Gasteiger partial charge >= 0.3 is 0 Å². The molecule has 5 nitrogen and oxygen atoms in total. The van der Waals surface area contributed by atoms with Gasteiger partial charge in [0, 0.05) is 48.2 Å². The molecule has 1 fully saturated rings. The zero-order chi connectivity index (χ0) is 19.8. The second-order valence-corrected chi connectivity index (χ2v) is 9.14. The zero-order valence-electron chi connectivity index (χ0n) is 17.8. The van der Waals surface area contributed by atoms with Gasteiger partial charge in [-0.05, 0) is 56.1 Å². The summed E-state index contributed by atoms with van der Waals surface area (Å²) in [6.07, 6.45) is 5.28. The third-order valence-corrected chi connectivity index (χ3v) is 6.85. The van der Waals surface area contributed by atoms with E-state index in [1.807, 2.05) is 11.8 Å². The van der Waals surface area contributed by atoms with Crippen molar-refractivity contribution in [3.63, 3.8) is 0 Å². The van der Waals surface area contributed by atoms with Crippen LogP contribution in [0, 0.1) is 6.92 Å². The number of rotatable bonds is 8.